The number of hydrogen-bond acceptors (Lipinski definition) is 3. The van der Waals surface area contributed by atoms with E-state index in [0.717, 1.165) is 36.4 Å². The first-order valence-corrected chi connectivity index (χ1v) is 10.7. The normalized spacial score (nSPS) is 19.3. The number of nitrogens with zero attached hydrogens (tertiary/aromatic N) is 4. The first kappa shape index (κ1) is 22.5. The lowest BCUT2D eigenvalue weighted by atomic mass is 9.79. The highest BCUT2D eigenvalue weighted by atomic mass is 127. The molecule has 1 aliphatic rings. The molecule has 0 saturated heterocycles. The van der Waals surface area contributed by atoms with E-state index in [4.69, 9.17) is 4.99 Å². The molecule has 0 aliphatic heterocycles. The summed E-state index contributed by atoms with van der Waals surface area (Å²) in [6.07, 6.45) is 7.05. The second-order valence-corrected chi connectivity index (χ2v) is 7.75. The van der Waals surface area contributed by atoms with E-state index in [0.29, 0.717) is 12.5 Å². The highest BCUT2D eigenvalue weighted by Gasteiger charge is 2.22. The van der Waals surface area contributed by atoms with Crippen LogP contribution in [0.25, 0.3) is 5.65 Å². The third-order valence-electron chi connectivity index (χ3n) is 5.78. The molecule has 0 amide bonds. The summed E-state index contributed by atoms with van der Waals surface area (Å²) in [5, 5.41) is 15.3. The number of aliphatic imine (C=N–C) groups is 1. The zero-order valence-electron chi connectivity index (χ0n) is 17.5. The summed E-state index contributed by atoms with van der Waals surface area (Å²) in [7, 11) is 0. The highest BCUT2D eigenvalue weighted by molar-refractivity contribution is 14.0. The fourth-order valence-corrected chi connectivity index (χ4v) is 4.16. The van der Waals surface area contributed by atoms with Crippen LogP contribution < -0.4 is 10.6 Å². The molecule has 1 aromatic carbocycles. The topological polar surface area (TPSA) is 66.6 Å². The van der Waals surface area contributed by atoms with Crippen LogP contribution in [0.5, 0.6) is 0 Å². The Morgan fingerprint density at radius 1 is 1.00 bits per heavy atom. The van der Waals surface area contributed by atoms with Crippen LogP contribution in [0.2, 0.25) is 0 Å². The van der Waals surface area contributed by atoms with Gasteiger partial charge >= 0.3 is 0 Å². The van der Waals surface area contributed by atoms with E-state index in [2.05, 4.69) is 58.1 Å². The van der Waals surface area contributed by atoms with Crippen LogP contribution in [0.15, 0.2) is 59.7 Å². The lowest BCUT2D eigenvalue weighted by Crippen LogP contribution is -2.40. The Morgan fingerprint density at radius 3 is 2.53 bits per heavy atom. The molecule has 2 N–H and O–H groups in total. The number of benzene rings is 1. The summed E-state index contributed by atoms with van der Waals surface area (Å²) in [6.45, 7) is 4.40. The molecule has 7 heteroatoms. The lowest BCUT2D eigenvalue weighted by molar-refractivity contribution is 0.324. The molecule has 2 aromatic heterocycles. The van der Waals surface area contributed by atoms with Crippen LogP contribution >= 0.6 is 24.0 Å². The fraction of sp³-hybridized carbons (Fsp3) is 0.435. The monoisotopic (exact) mass is 518 g/mol. The van der Waals surface area contributed by atoms with Crippen molar-refractivity contribution >= 4 is 35.6 Å². The molecular formula is C23H31IN6. The van der Waals surface area contributed by atoms with Crippen molar-refractivity contribution in [1.29, 1.82) is 0 Å². The van der Waals surface area contributed by atoms with Gasteiger partial charge in [0.2, 0.25) is 0 Å². The number of pyridine rings is 1. The van der Waals surface area contributed by atoms with Gasteiger partial charge in [-0.15, -0.1) is 34.2 Å². The molecule has 1 aliphatic carbocycles. The summed E-state index contributed by atoms with van der Waals surface area (Å²) in [5.41, 5.74) is 2.35. The van der Waals surface area contributed by atoms with Crippen LogP contribution in [0.3, 0.4) is 0 Å². The quantitative estimate of drug-likeness (QED) is 0.289. The van der Waals surface area contributed by atoms with Gasteiger partial charge in [0.15, 0.2) is 17.4 Å². The molecule has 1 saturated carbocycles. The van der Waals surface area contributed by atoms with Crippen LogP contribution in [0.1, 0.15) is 49.9 Å². The van der Waals surface area contributed by atoms with Gasteiger partial charge in [0.05, 0.1) is 0 Å². The van der Waals surface area contributed by atoms with Crippen LogP contribution in [-0.2, 0) is 6.54 Å². The average Bonchev–Trinajstić information content (AvgIpc) is 3.20. The van der Waals surface area contributed by atoms with Gasteiger partial charge in [-0.05, 0) is 62.1 Å². The smallest absolute Gasteiger partial charge is 0.191 e. The molecule has 0 bridgehead atoms. The molecule has 30 heavy (non-hydrogen) atoms. The molecule has 0 spiro atoms. The number of hydrogen-bond donors (Lipinski definition) is 2. The van der Waals surface area contributed by atoms with Gasteiger partial charge in [-0.2, -0.15) is 0 Å². The van der Waals surface area contributed by atoms with E-state index in [1.165, 1.54) is 31.2 Å². The summed E-state index contributed by atoms with van der Waals surface area (Å²) in [4.78, 5) is 4.72. The van der Waals surface area contributed by atoms with Crippen LogP contribution in [-0.4, -0.2) is 33.6 Å². The maximum Gasteiger partial charge on any atom is 0.191 e. The van der Waals surface area contributed by atoms with Crippen molar-refractivity contribution in [3.8, 4) is 0 Å². The molecule has 160 valence electrons. The van der Waals surface area contributed by atoms with Crippen molar-refractivity contribution in [3.05, 3.63) is 66.1 Å². The molecule has 1 fully saturated rings. The van der Waals surface area contributed by atoms with Crippen molar-refractivity contribution in [1.82, 2.24) is 25.2 Å². The third kappa shape index (κ3) is 5.71. The van der Waals surface area contributed by atoms with Gasteiger partial charge in [-0.1, -0.05) is 36.4 Å². The average molecular weight is 518 g/mol. The predicted molar refractivity (Wildman–Crippen MR) is 132 cm³/mol. The molecule has 4 rings (SSSR count). The molecule has 0 atom stereocenters. The van der Waals surface area contributed by atoms with Crippen LogP contribution in [0, 0.1) is 5.92 Å². The SMILES string of the molecule is CCNC(=NCc1nnc2ccccn12)NCC1CCC(c2ccccc2)CC1.I. The van der Waals surface area contributed by atoms with E-state index >= 15 is 0 Å². The maximum atomic E-state index is 4.72. The summed E-state index contributed by atoms with van der Waals surface area (Å²) < 4.78 is 1.98. The molecular weight excluding hydrogens is 487 g/mol. The summed E-state index contributed by atoms with van der Waals surface area (Å²) in [5.74, 6) is 3.12. The standard InChI is InChI=1S/C23H30N6.HI/c1-2-24-23(26-17-22-28-27-21-10-6-7-15-29(21)22)25-16-18-11-13-20(14-12-18)19-8-4-3-5-9-19;/h3-10,15,18,20H,2,11-14,16-17H2,1H3,(H2,24,25,26);1H. The Labute approximate surface area is 195 Å². The maximum absolute atomic E-state index is 4.72. The Bertz CT molecular complexity index is 931. The zero-order valence-corrected chi connectivity index (χ0v) is 19.8. The van der Waals surface area contributed by atoms with Gasteiger partial charge in [0.1, 0.15) is 6.54 Å². The van der Waals surface area contributed by atoms with E-state index < -0.39 is 0 Å². The third-order valence-corrected chi connectivity index (χ3v) is 5.78. The van der Waals surface area contributed by atoms with Gasteiger partial charge in [-0.3, -0.25) is 4.40 Å². The number of halogens is 1. The minimum Gasteiger partial charge on any atom is -0.357 e. The Kier molecular flexibility index (Phi) is 8.48. The lowest BCUT2D eigenvalue weighted by Gasteiger charge is -2.29. The van der Waals surface area contributed by atoms with Gasteiger partial charge in [0.25, 0.3) is 0 Å². The van der Waals surface area contributed by atoms with E-state index in [9.17, 15) is 0 Å². The van der Waals surface area contributed by atoms with Crippen LogP contribution in [0.4, 0.5) is 0 Å². The Hall–Kier alpha value is -2.16. The Balaban J connectivity index is 0.00000256. The number of nitrogens with one attached hydrogen (secondary N) is 2. The minimum absolute atomic E-state index is 0. The number of guanidine groups is 1. The van der Waals surface area contributed by atoms with E-state index in [1.54, 1.807) is 0 Å². The Morgan fingerprint density at radius 2 is 1.77 bits per heavy atom. The van der Waals surface area contributed by atoms with Crippen molar-refractivity contribution in [2.24, 2.45) is 10.9 Å². The molecule has 2 heterocycles. The van der Waals surface area contributed by atoms with Gasteiger partial charge in [-0.25, -0.2) is 4.99 Å². The van der Waals surface area contributed by atoms with Crippen molar-refractivity contribution in [2.75, 3.05) is 13.1 Å². The van der Waals surface area contributed by atoms with E-state index in [-0.39, 0.29) is 24.0 Å². The second-order valence-electron chi connectivity index (χ2n) is 7.75. The fourth-order valence-electron chi connectivity index (χ4n) is 4.16. The minimum atomic E-state index is 0. The number of rotatable bonds is 6. The van der Waals surface area contributed by atoms with Crippen molar-refractivity contribution < 1.29 is 0 Å². The predicted octanol–water partition coefficient (Wildman–Crippen LogP) is 4.38. The molecule has 0 unspecified atom stereocenters. The van der Waals surface area contributed by atoms with Gasteiger partial charge in [0, 0.05) is 19.3 Å². The summed E-state index contributed by atoms with van der Waals surface area (Å²) in [6, 6.07) is 16.9. The second kappa shape index (κ2) is 11.3. The first-order chi connectivity index (χ1) is 14.3. The number of fused-ring (bicyclic) bond motifs is 1. The van der Waals surface area contributed by atoms with E-state index in [1.807, 2.05) is 28.8 Å². The molecule has 6 nitrogen and oxygen atoms in total. The molecule has 0 radical (unpaired) electrons. The van der Waals surface area contributed by atoms with Crippen molar-refractivity contribution in [3.63, 3.8) is 0 Å². The first-order valence-electron chi connectivity index (χ1n) is 10.7. The zero-order chi connectivity index (χ0) is 19.9. The largest absolute Gasteiger partial charge is 0.357 e. The number of aromatic nitrogens is 3. The highest BCUT2D eigenvalue weighted by Crippen LogP contribution is 2.35. The van der Waals surface area contributed by atoms with Gasteiger partial charge < -0.3 is 10.6 Å². The molecule has 3 aromatic rings. The summed E-state index contributed by atoms with van der Waals surface area (Å²) >= 11 is 0. The van der Waals surface area contributed by atoms with Crippen molar-refractivity contribution in [2.45, 2.75) is 45.1 Å².